The molecule has 0 aliphatic rings. The summed E-state index contributed by atoms with van der Waals surface area (Å²) in [5.74, 6) is -3.29. The first kappa shape index (κ1) is 37.1. The van der Waals surface area contributed by atoms with E-state index in [9.17, 15) is 24.3 Å². The van der Waals surface area contributed by atoms with E-state index in [0.29, 0.717) is 0 Å². The van der Waals surface area contributed by atoms with E-state index in [1.807, 2.05) is 24.3 Å². The Kier molecular flexibility index (Phi) is 13.0. The van der Waals surface area contributed by atoms with Crippen molar-refractivity contribution in [3.8, 4) is 34.1 Å². The molecule has 0 saturated heterocycles. The molecule has 6 aromatic rings. The Balaban J connectivity index is 0.000000182. The van der Waals surface area contributed by atoms with Gasteiger partial charge < -0.3 is 40.9 Å². The predicted octanol–water partition coefficient (Wildman–Crippen LogP) is 7.18. The third kappa shape index (κ3) is 11.5. The third-order valence-corrected chi connectivity index (χ3v) is 6.63. The number of hydrogen-bond donors (Lipinski definition) is 8. The maximum Gasteiger partial charge on any atom is 0.335 e. The van der Waals surface area contributed by atoms with Gasteiger partial charge in [-0.05, 0) is 119 Å². The molecule has 8 N–H and O–H groups in total. The summed E-state index contributed by atoms with van der Waals surface area (Å²) in [5, 5.41) is 71.9. The number of hydrogen-bond acceptors (Lipinski definition) is 8. The van der Waals surface area contributed by atoms with E-state index in [1.54, 1.807) is 48.5 Å². The average Bonchev–Trinajstić information content (AvgIpc) is 3.10. The standard InChI is InChI=1S/C12H10O2.C11H8O3.C8H6O4.C7H6O3/c13-11-5-1-9(2-6-11)10-3-7-12(14)8-4-10;12-10-4-3-7-5-9(11(13)14)2-1-8(7)6-10;9-7(10)5-1-2-6(4-3-5)8(11)12;8-6-3-1-5(2-4-6)7(9)10/h1-8,13-14H;1-6,12H,(H,13,14);1-4H,(H,9,10)(H,11,12);1-4,8H,(H,9,10). The molecule has 0 saturated carbocycles. The Morgan fingerprint density at radius 3 is 0.920 bits per heavy atom. The molecule has 0 amide bonds. The Morgan fingerprint density at radius 1 is 0.300 bits per heavy atom. The van der Waals surface area contributed by atoms with Crippen LogP contribution in [0.5, 0.6) is 23.0 Å². The first-order valence-electron chi connectivity index (χ1n) is 14.4. The lowest BCUT2D eigenvalue weighted by Gasteiger charge is -2.01. The molecule has 6 rings (SSSR count). The Morgan fingerprint density at radius 2 is 0.560 bits per heavy atom. The number of benzene rings is 6. The molecule has 0 radical (unpaired) electrons. The summed E-state index contributed by atoms with van der Waals surface area (Å²) >= 11 is 0. The van der Waals surface area contributed by atoms with Crippen LogP contribution in [-0.2, 0) is 0 Å². The van der Waals surface area contributed by atoms with Gasteiger partial charge in [0.1, 0.15) is 23.0 Å². The van der Waals surface area contributed by atoms with Gasteiger partial charge >= 0.3 is 23.9 Å². The van der Waals surface area contributed by atoms with E-state index in [-0.39, 0.29) is 45.3 Å². The van der Waals surface area contributed by atoms with Gasteiger partial charge in [0.25, 0.3) is 0 Å². The molecule has 0 unspecified atom stereocenters. The van der Waals surface area contributed by atoms with Crippen LogP contribution in [0.15, 0.2) is 133 Å². The van der Waals surface area contributed by atoms with Crippen molar-refractivity contribution >= 4 is 34.6 Å². The van der Waals surface area contributed by atoms with Crippen molar-refractivity contribution in [3.63, 3.8) is 0 Å². The zero-order valence-electron chi connectivity index (χ0n) is 25.9. The van der Waals surface area contributed by atoms with Gasteiger partial charge in [0, 0.05) is 0 Å². The van der Waals surface area contributed by atoms with Crippen LogP contribution in [0.25, 0.3) is 21.9 Å². The largest absolute Gasteiger partial charge is 0.508 e. The molecule has 0 spiro atoms. The number of carboxylic acids is 4. The molecular formula is C38H30O12. The highest BCUT2D eigenvalue weighted by molar-refractivity contribution is 5.95. The van der Waals surface area contributed by atoms with Crippen LogP contribution in [0, 0.1) is 0 Å². The first-order chi connectivity index (χ1) is 23.7. The fraction of sp³-hybridized carbons (Fsp3) is 0. The number of aromatic hydroxyl groups is 4. The maximum absolute atomic E-state index is 10.7. The highest BCUT2D eigenvalue weighted by Crippen LogP contribution is 2.24. The lowest BCUT2D eigenvalue weighted by Crippen LogP contribution is -1.99. The van der Waals surface area contributed by atoms with E-state index in [4.69, 9.17) is 35.7 Å². The van der Waals surface area contributed by atoms with Crippen LogP contribution >= 0.6 is 0 Å². The summed E-state index contributed by atoms with van der Waals surface area (Å²) in [6, 6.07) is 33.9. The Labute approximate surface area is 284 Å². The summed E-state index contributed by atoms with van der Waals surface area (Å²) in [5.41, 5.74) is 2.63. The van der Waals surface area contributed by atoms with Crippen molar-refractivity contribution in [2.75, 3.05) is 0 Å². The minimum Gasteiger partial charge on any atom is -0.508 e. The van der Waals surface area contributed by atoms with Gasteiger partial charge in [-0.15, -0.1) is 0 Å². The average molecular weight is 679 g/mol. The van der Waals surface area contributed by atoms with Crippen LogP contribution in [0.2, 0.25) is 0 Å². The highest BCUT2D eigenvalue weighted by Gasteiger charge is 2.05. The molecule has 12 heteroatoms. The fourth-order valence-corrected chi connectivity index (χ4v) is 4.03. The fourth-order valence-electron chi connectivity index (χ4n) is 4.03. The molecule has 0 atom stereocenters. The van der Waals surface area contributed by atoms with E-state index >= 15 is 0 Å². The minimum absolute atomic E-state index is 0.0741. The number of fused-ring (bicyclic) bond motifs is 1. The summed E-state index contributed by atoms with van der Waals surface area (Å²) < 4.78 is 0. The van der Waals surface area contributed by atoms with Crippen LogP contribution in [-0.4, -0.2) is 64.7 Å². The Bertz CT molecular complexity index is 1990. The molecular weight excluding hydrogens is 648 g/mol. The first-order valence-corrected chi connectivity index (χ1v) is 14.4. The third-order valence-electron chi connectivity index (χ3n) is 6.63. The van der Waals surface area contributed by atoms with Gasteiger partial charge in [-0.2, -0.15) is 0 Å². The van der Waals surface area contributed by atoms with Crippen LogP contribution < -0.4 is 0 Å². The SMILES string of the molecule is O=C(O)c1ccc(C(=O)O)cc1.O=C(O)c1ccc(O)cc1.O=C(O)c1ccc2cc(O)ccc2c1.Oc1ccc(-c2ccc(O)cc2)cc1. The summed E-state index contributed by atoms with van der Waals surface area (Å²) in [6.45, 7) is 0. The van der Waals surface area contributed by atoms with E-state index in [2.05, 4.69) is 0 Å². The quantitative estimate of drug-likeness (QED) is 0.0906. The number of phenols is 4. The molecule has 50 heavy (non-hydrogen) atoms. The zero-order chi connectivity index (χ0) is 36.8. The van der Waals surface area contributed by atoms with Gasteiger partial charge in [-0.25, -0.2) is 19.2 Å². The summed E-state index contributed by atoms with van der Waals surface area (Å²) in [4.78, 5) is 41.6. The van der Waals surface area contributed by atoms with E-state index in [1.165, 1.54) is 60.7 Å². The molecule has 0 aromatic heterocycles. The van der Waals surface area contributed by atoms with Crippen molar-refractivity contribution in [2.45, 2.75) is 0 Å². The normalized spacial score (nSPS) is 9.76. The monoisotopic (exact) mass is 678 g/mol. The lowest BCUT2D eigenvalue weighted by molar-refractivity contribution is 0.0681. The number of aromatic carboxylic acids is 4. The molecule has 0 bridgehead atoms. The molecule has 0 fully saturated rings. The predicted molar refractivity (Wildman–Crippen MR) is 183 cm³/mol. The number of carbonyl (C=O) groups is 4. The van der Waals surface area contributed by atoms with Crippen molar-refractivity contribution in [1.82, 2.24) is 0 Å². The second kappa shape index (κ2) is 17.5. The summed E-state index contributed by atoms with van der Waals surface area (Å²) in [7, 11) is 0. The van der Waals surface area contributed by atoms with Crippen molar-refractivity contribution in [1.29, 1.82) is 0 Å². The summed E-state index contributed by atoms with van der Waals surface area (Å²) in [6.07, 6.45) is 0. The number of rotatable bonds is 5. The van der Waals surface area contributed by atoms with Crippen molar-refractivity contribution in [3.05, 3.63) is 156 Å². The minimum atomic E-state index is -1.06. The molecule has 0 aliphatic carbocycles. The van der Waals surface area contributed by atoms with Crippen LogP contribution in [0.4, 0.5) is 0 Å². The number of phenolic OH excluding ortho intramolecular Hbond substituents is 4. The van der Waals surface area contributed by atoms with Crippen LogP contribution in [0.3, 0.4) is 0 Å². The van der Waals surface area contributed by atoms with Crippen LogP contribution in [0.1, 0.15) is 41.4 Å². The second-order valence-corrected chi connectivity index (χ2v) is 10.2. The molecule has 6 aromatic carbocycles. The van der Waals surface area contributed by atoms with E-state index < -0.39 is 23.9 Å². The lowest BCUT2D eigenvalue weighted by atomic mass is 10.1. The molecule has 12 nitrogen and oxygen atoms in total. The van der Waals surface area contributed by atoms with Gasteiger partial charge in [-0.1, -0.05) is 36.4 Å². The highest BCUT2D eigenvalue weighted by atomic mass is 16.4. The van der Waals surface area contributed by atoms with Gasteiger partial charge in [0.15, 0.2) is 0 Å². The molecule has 254 valence electrons. The Hall–Kier alpha value is -7.34. The van der Waals surface area contributed by atoms with Gasteiger partial charge in [0.05, 0.1) is 22.3 Å². The maximum atomic E-state index is 10.7. The molecule has 0 heterocycles. The second-order valence-electron chi connectivity index (χ2n) is 10.2. The number of carboxylic acid groups (broad SMARTS) is 4. The van der Waals surface area contributed by atoms with Gasteiger partial charge in [-0.3, -0.25) is 0 Å². The van der Waals surface area contributed by atoms with E-state index in [0.717, 1.165) is 21.9 Å². The van der Waals surface area contributed by atoms with Crippen molar-refractivity contribution in [2.24, 2.45) is 0 Å². The zero-order valence-corrected chi connectivity index (χ0v) is 25.9. The smallest absolute Gasteiger partial charge is 0.335 e. The van der Waals surface area contributed by atoms with Gasteiger partial charge in [0.2, 0.25) is 0 Å². The topological polar surface area (TPSA) is 230 Å². The molecule has 0 aliphatic heterocycles. The van der Waals surface area contributed by atoms with Crippen molar-refractivity contribution < 1.29 is 60.0 Å².